The lowest BCUT2D eigenvalue weighted by molar-refractivity contribution is 1.23. The first-order chi connectivity index (χ1) is 6.77. The molecule has 0 N–H and O–H groups in total. The first kappa shape index (κ1) is 9.58. The number of aryl methyl sites for hydroxylation is 1. The van der Waals surface area contributed by atoms with E-state index >= 15 is 0 Å². The molecular formula is C11H9IN2. The average Bonchev–Trinajstić information content (AvgIpc) is 2.19. The smallest absolute Gasteiger partial charge is 0.0747 e. The van der Waals surface area contributed by atoms with Gasteiger partial charge in [0.15, 0.2) is 0 Å². The zero-order chi connectivity index (χ0) is 9.97. The van der Waals surface area contributed by atoms with Crippen LogP contribution in [0.1, 0.15) is 5.56 Å². The summed E-state index contributed by atoms with van der Waals surface area (Å²) in [5.74, 6) is 0. The van der Waals surface area contributed by atoms with E-state index < -0.39 is 0 Å². The minimum atomic E-state index is 1.01. The van der Waals surface area contributed by atoms with Crippen molar-refractivity contribution in [2.75, 3.05) is 0 Å². The molecule has 0 aliphatic carbocycles. The van der Waals surface area contributed by atoms with Gasteiger partial charge < -0.3 is 0 Å². The topological polar surface area (TPSA) is 25.8 Å². The Labute approximate surface area is 96.6 Å². The van der Waals surface area contributed by atoms with Crippen molar-refractivity contribution in [2.45, 2.75) is 6.92 Å². The largest absolute Gasteiger partial charge is 0.264 e. The third kappa shape index (κ3) is 1.92. The van der Waals surface area contributed by atoms with Crippen LogP contribution in [0.4, 0.5) is 0 Å². The minimum absolute atomic E-state index is 1.01. The maximum Gasteiger partial charge on any atom is 0.0747 e. The quantitative estimate of drug-likeness (QED) is 0.756. The molecule has 0 fully saturated rings. The Balaban J connectivity index is 2.53. The van der Waals surface area contributed by atoms with E-state index in [0.717, 1.165) is 14.8 Å². The number of hydrogen-bond donors (Lipinski definition) is 0. The molecule has 14 heavy (non-hydrogen) atoms. The van der Waals surface area contributed by atoms with E-state index in [2.05, 4.69) is 45.5 Å². The van der Waals surface area contributed by atoms with E-state index in [1.54, 1.807) is 6.20 Å². The second-order valence-electron chi connectivity index (χ2n) is 3.06. The van der Waals surface area contributed by atoms with E-state index in [4.69, 9.17) is 0 Å². The highest BCUT2D eigenvalue weighted by Crippen LogP contribution is 2.20. The first-order valence-electron chi connectivity index (χ1n) is 4.30. The van der Waals surface area contributed by atoms with Crippen LogP contribution in [0.5, 0.6) is 0 Å². The highest BCUT2D eigenvalue weighted by atomic mass is 127. The summed E-state index contributed by atoms with van der Waals surface area (Å²) < 4.78 is 1.16. The van der Waals surface area contributed by atoms with Gasteiger partial charge in [0.2, 0.25) is 0 Å². The van der Waals surface area contributed by atoms with Crippen LogP contribution in [0.3, 0.4) is 0 Å². The summed E-state index contributed by atoms with van der Waals surface area (Å²) in [4.78, 5) is 8.48. The fourth-order valence-electron chi connectivity index (χ4n) is 1.35. The van der Waals surface area contributed by atoms with E-state index in [9.17, 15) is 0 Å². The van der Waals surface area contributed by atoms with Gasteiger partial charge in [-0.25, -0.2) is 0 Å². The molecule has 0 bridgehead atoms. The lowest BCUT2D eigenvalue weighted by Gasteiger charge is -2.04. The molecule has 0 aromatic carbocycles. The van der Waals surface area contributed by atoms with Crippen molar-refractivity contribution in [3.8, 4) is 11.3 Å². The third-order valence-electron chi connectivity index (χ3n) is 1.98. The molecule has 2 aromatic heterocycles. The van der Waals surface area contributed by atoms with E-state index in [-0.39, 0.29) is 0 Å². The fourth-order valence-corrected chi connectivity index (χ4v) is 1.95. The number of hydrogen-bond acceptors (Lipinski definition) is 2. The summed E-state index contributed by atoms with van der Waals surface area (Å²) in [6.07, 6.45) is 5.48. The van der Waals surface area contributed by atoms with Gasteiger partial charge in [0.25, 0.3) is 0 Å². The van der Waals surface area contributed by atoms with Gasteiger partial charge in [0, 0.05) is 27.7 Å². The maximum atomic E-state index is 4.40. The summed E-state index contributed by atoms with van der Waals surface area (Å²) in [7, 11) is 0. The number of rotatable bonds is 1. The highest BCUT2D eigenvalue weighted by molar-refractivity contribution is 14.1. The summed E-state index contributed by atoms with van der Waals surface area (Å²) in [6.45, 7) is 2.07. The molecule has 0 unspecified atom stereocenters. The molecule has 2 heterocycles. The molecule has 2 aromatic rings. The van der Waals surface area contributed by atoms with Crippen molar-refractivity contribution in [3.05, 3.63) is 45.9 Å². The third-order valence-corrected chi connectivity index (χ3v) is 2.57. The second kappa shape index (κ2) is 4.04. The van der Waals surface area contributed by atoms with Crippen molar-refractivity contribution in [1.82, 2.24) is 9.97 Å². The predicted octanol–water partition coefficient (Wildman–Crippen LogP) is 3.06. The molecule has 0 spiro atoms. The second-order valence-corrected chi connectivity index (χ2v) is 4.31. The molecular weight excluding hydrogens is 287 g/mol. The summed E-state index contributed by atoms with van der Waals surface area (Å²) in [5, 5.41) is 0. The number of aromatic nitrogens is 2. The molecule has 2 rings (SSSR count). The van der Waals surface area contributed by atoms with Crippen LogP contribution >= 0.6 is 22.6 Å². The molecule has 0 aliphatic rings. The number of halogens is 1. The highest BCUT2D eigenvalue weighted by Gasteiger charge is 2.02. The first-order valence-corrected chi connectivity index (χ1v) is 5.38. The Hall–Kier alpha value is -0.970. The van der Waals surface area contributed by atoms with Crippen molar-refractivity contribution in [2.24, 2.45) is 0 Å². The van der Waals surface area contributed by atoms with Gasteiger partial charge in [-0.2, -0.15) is 0 Å². The van der Waals surface area contributed by atoms with Crippen LogP contribution in [-0.4, -0.2) is 9.97 Å². The van der Waals surface area contributed by atoms with Crippen LogP contribution < -0.4 is 0 Å². The van der Waals surface area contributed by atoms with E-state index in [1.807, 2.05) is 24.5 Å². The average molecular weight is 296 g/mol. The van der Waals surface area contributed by atoms with Crippen LogP contribution in [0, 0.1) is 10.5 Å². The molecule has 0 saturated carbocycles. The Morgan fingerprint density at radius 1 is 1.29 bits per heavy atom. The summed E-state index contributed by atoms with van der Waals surface area (Å²) in [5.41, 5.74) is 3.27. The Bertz CT molecular complexity index is 440. The normalized spacial score (nSPS) is 10.1. The van der Waals surface area contributed by atoms with Crippen molar-refractivity contribution in [3.63, 3.8) is 0 Å². The monoisotopic (exact) mass is 296 g/mol. The molecule has 0 atom stereocenters. The van der Waals surface area contributed by atoms with Gasteiger partial charge in [-0.05, 0) is 53.3 Å². The lowest BCUT2D eigenvalue weighted by atomic mass is 10.1. The predicted molar refractivity (Wildman–Crippen MR) is 64.9 cm³/mol. The van der Waals surface area contributed by atoms with Gasteiger partial charge in [-0.1, -0.05) is 0 Å². The summed E-state index contributed by atoms with van der Waals surface area (Å²) >= 11 is 2.26. The maximum absolute atomic E-state index is 4.40. The Morgan fingerprint density at radius 3 is 2.79 bits per heavy atom. The molecule has 2 nitrogen and oxygen atoms in total. The molecule has 0 radical (unpaired) electrons. The SMILES string of the molecule is Cc1cc(I)cnc1-c1cccnc1. The molecule has 3 heteroatoms. The zero-order valence-electron chi connectivity index (χ0n) is 7.74. The molecule has 0 amide bonds. The standard InChI is InChI=1S/C11H9IN2/c1-8-5-10(12)7-14-11(8)9-3-2-4-13-6-9/h2-7H,1H3. The Morgan fingerprint density at radius 2 is 2.14 bits per heavy atom. The van der Waals surface area contributed by atoms with E-state index in [1.165, 1.54) is 5.56 Å². The van der Waals surface area contributed by atoms with Crippen LogP contribution in [0.25, 0.3) is 11.3 Å². The Kier molecular flexibility index (Phi) is 2.77. The van der Waals surface area contributed by atoms with Crippen molar-refractivity contribution >= 4 is 22.6 Å². The minimum Gasteiger partial charge on any atom is -0.264 e. The van der Waals surface area contributed by atoms with Gasteiger partial charge >= 0.3 is 0 Å². The van der Waals surface area contributed by atoms with E-state index in [0.29, 0.717) is 0 Å². The van der Waals surface area contributed by atoms with Gasteiger partial charge in [0.05, 0.1) is 5.69 Å². The van der Waals surface area contributed by atoms with Crippen LogP contribution in [-0.2, 0) is 0 Å². The summed E-state index contributed by atoms with van der Waals surface area (Å²) in [6, 6.07) is 6.07. The van der Waals surface area contributed by atoms with Crippen LogP contribution in [0.2, 0.25) is 0 Å². The van der Waals surface area contributed by atoms with Gasteiger partial charge in [0.1, 0.15) is 0 Å². The molecule has 70 valence electrons. The number of pyridine rings is 2. The fraction of sp³-hybridized carbons (Fsp3) is 0.0909. The lowest BCUT2D eigenvalue weighted by Crippen LogP contribution is -1.89. The zero-order valence-corrected chi connectivity index (χ0v) is 9.89. The van der Waals surface area contributed by atoms with Gasteiger partial charge in [-0.15, -0.1) is 0 Å². The van der Waals surface area contributed by atoms with Crippen molar-refractivity contribution < 1.29 is 0 Å². The van der Waals surface area contributed by atoms with Crippen LogP contribution in [0.15, 0.2) is 36.8 Å². The van der Waals surface area contributed by atoms with Crippen molar-refractivity contribution in [1.29, 1.82) is 0 Å². The molecule has 0 aliphatic heterocycles. The molecule has 0 saturated heterocycles. The number of nitrogens with zero attached hydrogens (tertiary/aromatic N) is 2. The van der Waals surface area contributed by atoms with Gasteiger partial charge in [-0.3, -0.25) is 9.97 Å².